The van der Waals surface area contributed by atoms with E-state index in [-0.39, 0.29) is 18.9 Å². The topological polar surface area (TPSA) is 57.5 Å². The van der Waals surface area contributed by atoms with E-state index in [1.54, 1.807) is 0 Å². The molecule has 0 spiro atoms. The lowest BCUT2D eigenvalue weighted by Crippen LogP contribution is -2.42. The van der Waals surface area contributed by atoms with Gasteiger partial charge in [-0.2, -0.15) is 0 Å². The second kappa shape index (κ2) is 5.04. The Labute approximate surface area is 109 Å². The van der Waals surface area contributed by atoms with Crippen LogP contribution in [0, 0.1) is 23.2 Å². The number of carbonyl (C=O) groups is 1. The molecule has 3 heteroatoms. The summed E-state index contributed by atoms with van der Waals surface area (Å²) in [6, 6.07) is 0. The third-order valence-corrected chi connectivity index (χ3v) is 5.08. The smallest absolute Gasteiger partial charge is 0.303 e. The Morgan fingerprint density at radius 3 is 2.83 bits per heavy atom. The first-order valence-electron chi connectivity index (χ1n) is 6.97. The monoisotopic (exact) mass is 252 g/mol. The second-order valence-corrected chi connectivity index (χ2v) is 6.53. The SMILES string of the molecule is CC1(C)CCC[C@H]2[C@H](CC(=O)O)C(CO)=CC[C@@H]21. The van der Waals surface area contributed by atoms with Gasteiger partial charge in [-0.3, -0.25) is 4.79 Å². The van der Waals surface area contributed by atoms with Crippen LogP contribution in [0.4, 0.5) is 0 Å². The van der Waals surface area contributed by atoms with Crippen molar-refractivity contribution in [3.63, 3.8) is 0 Å². The molecule has 3 nitrogen and oxygen atoms in total. The van der Waals surface area contributed by atoms with E-state index in [1.807, 2.05) is 0 Å². The van der Waals surface area contributed by atoms with Crippen LogP contribution in [0.3, 0.4) is 0 Å². The molecule has 0 heterocycles. The molecule has 2 N–H and O–H groups in total. The first kappa shape index (κ1) is 13.6. The van der Waals surface area contributed by atoms with Crippen molar-refractivity contribution in [3.8, 4) is 0 Å². The molecule has 2 aliphatic rings. The quantitative estimate of drug-likeness (QED) is 0.759. The number of rotatable bonds is 3. The Kier molecular flexibility index (Phi) is 3.81. The van der Waals surface area contributed by atoms with Crippen molar-refractivity contribution in [2.24, 2.45) is 23.2 Å². The fourth-order valence-electron chi connectivity index (χ4n) is 4.09. The van der Waals surface area contributed by atoms with Gasteiger partial charge < -0.3 is 10.2 Å². The van der Waals surface area contributed by atoms with Crippen molar-refractivity contribution in [2.75, 3.05) is 6.61 Å². The molecule has 0 aromatic carbocycles. The molecule has 3 atom stereocenters. The van der Waals surface area contributed by atoms with Crippen molar-refractivity contribution in [2.45, 2.75) is 46.0 Å². The van der Waals surface area contributed by atoms with Crippen molar-refractivity contribution in [3.05, 3.63) is 11.6 Å². The lowest BCUT2D eigenvalue weighted by Gasteiger charge is -2.49. The number of hydrogen-bond donors (Lipinski definition) is 2. The van der Waals surface area contributed by atoms with E-state index in [2.05, 4.69) is 19.9 Å². The van der Waals surface area contributed by atoms with Gasteiger partial charge in [0.05, 0.1) is 13.0 Å². The molecule has 0 aliphatic heterocycles. The minimum atomic E-state index is -0.747. The molecule has 1 saturated carbocycles. The minimum Gasteiger partial charge on any atom is -0.481 e. The van der Waals surface area contributed by atoms with Crippen molar-refractivity contribution < 1.29 is 15.0 Å². The Morgan fingerprint density at radius 2 is 2.22 bits per heavy atom. The standard InChI is InChI=1S/C15H24O3/c1-15(2)7-3-4-11-12(8-14(17)18)10(9-16)5-6-13(11)15/h5,11-13,16H,3-4,6-9H2,1-2H3,(H,17,18)/t11-,12+,13-/m0/s1. The Bertz CT molecular complexity index is 357. The molecular formula is C15H24O3. The first-order chi connectivity index (χ1) is 8.45. The van der Waals surface area contributed by atoms with Crippen LogP contribution in [0.15, 0.2) is 11.6 Å². The van der Waals surface area contributed by atoms with Gasteiger partial charge >= 0.3 is 5.97 Å². The van der Waals surface area contributed by atoms with E-state index < -0.39 is 5.97 Å². The molecule has 2 rings (SSSR count). The number of fused-ring (bicyclic) bond motifs is 1. The highest BCUT2D eigenvalue weighted by atomic mass is 16.4. The molecule has 2 aliphatic carbocycles. The highest BCUT2D eigenvalue weighted by molar-refractivity contribution is 5.67. The summed E-state index contributed by atoms with van der Waals surface area (Å²) in [6.45, 7) is 4.63. The highest BCUT2D eigenvalue weighted by Gasteiger charge is 2.44. The van der Waals surface area contributed by atoms with E-state index in [1.165, 1.54) is 12.8 Å². The second-order valence-electron chi connectivity index (χ2n) is 6.53. The molecule has 0 aromatic heterocycles. The largest absolute Gasteiger partial charge is 0.481 e. The number of hydrogen-bond acceptors (Lipinski definition) is 2. The van der Waals surface area contributed by atoms with E-state index in [0.717, 1.165) is 18.4 Å². The number of aliphatic hydroxyl groups is 1. The normalized spacial score (nSPS) is 34.6. The first-order valence-corrected chi connectivity index (χ1v) is 6.97. The van der Waals surface area contributed by atoms with E-state index in [9.17, 15) is 9.90 Å². The maximum Gasteiger partial charge on any atom is 0.303 e. The van der Waals surface area contributed by atoms with E-state index in [0.29, 0.717) is 17.3 Å². The fourth-order valence-corrected chi connectivity index (χ4v) is 4.09. The van der Waals surface area contributed by atoms with Crippen LogP contribution in [0.5, 0.6) is 0 Å². The number of allylic oxidation sites excluding steroid dienone is 1. The van der Waals surface area contributed by atoms with Gasteiger partial charge in [-0.05, 0) is 48.0 Å². The van der Waals surface area contributed by atoms with Gasteiger partial charge in [0.2, 0.25) is 0 Å². The fraction of sp³-hybridized carbons (Fsp3) is 0.800. The summed E-state index contributed by atoms with van der Waals surface area (Å²) in [6.07, 6.45) is 6.80. The van der Waals surface area contributed by atoms with Crippen molar-refractivity contribution >= 4 is 5.97 Å². The molecule has 102 valence electrons. The van der Waals surface area contributed by atoms with Crippen LogP contribution in [-0.4, -0.2) is 22.8 Å². The number of carboxylic acids is 1. The molecule has 1 fully saturated rings. The van der Waals surface area contributed by atoms with E-state index in [4.69, 9.17) is 5.11 Å². The molecular weight excluding hydrogens is 228 g/mol. The van der Waals surface area contributed by atoms with Crippen LogP contribution < -0.4 is 0 Å². The van der Waals surface area contributed by atoms with Crippen LogP contribution in [0.2, 0.25) is 0 Å². The molecule has 0 aromatic rings. The lowest BCUT2D eigenvalue weighted by molar-refractivity contribution is -0.139. The summed E-state index contributed by atoms with van der Waals surface area (Å²) in [5.41, 5.74) is 1.26. The van der Waals surface area contributed by atoms with Gasteiger partial charge in [-0.15, -0.1) is 0 Å². The zero-order chi connectivity index (χ0) is 13.3. The summed E-state index contributed by atoms with van der Waals surface area (Å²) < 4.78 is 0. The molecule has 0 radical (unpaired) electrons. The number of carboxylic acid groups (broad SMARTS) is 1. The average Bonchev–Trinajstić information content (AvgIpc) is 2.29. The summed E-state index contributed by atoms with van der Waals surface area (Å²) in [5.74, 6) is 0.317. The van der Waals surface area contributed by atoms with Crippen LogP contribution in [0.1, 0.15) is 46.0 Å². The van der Waals surface area contributed by atoms with Crippen molar-refractivity contribution in [1.29, 1.82) is 0 Å². The van der Waals surface area contributed by atoms with Crippen molar-refractivity contribution in [1.82, 2.24) is 0 Å². The number of aliphatic hydroxyl groups excluding tert-OH is 1. The predicted octanol–water partition coefficient (Wildman–Crippen LogP) is 2.84. The van der Waals surface area contributed by atoms with Crippen LogP contribution in [-0.2, 0) is 4.79 Å². The van der Waals surface area contributed by atoms with Gasteiger partial charge in [-0.1, -0.05) is 26.3 Å². The predicted molar refractivity (Wildman–Crippen MR) is 70.1 cm³/mol. The third kappa shape index (κ3) is 2.46. The summed E-state index contributed by atoms with van der Waals surface area (Å²) >= 11 is 0. The van der Waals surface area contributed by atoms with Crippen LogP contribution >= 0.6 is 0 Å². The molecule has 0 amide bonds. The average molecular weight is 252 g/mol. The summed E-state index contributed by atoms with van der Waals surface area (Å²) in [5, 5.41) is 18.5. The van der Waals surface area contributed by atoms with Gasteiger partial charge in [0, 0.05) is 0 Å². The third-order valence-electron chi connectivity index (χ3n) is 5.08. The van der Waals surface area contributed by atoms with Crippen LogP contribution in [0.25, 0.3) is 0 Å². The Morgan fingerprint density at radius 1 is 1.50 bits per heavy atom. The van der Waals surface area contributed by atoms with E-state index >= 15 is 0 Å². The zero-order valence-corrected chi connectivity index (χ0v) is 11.4. The maximum absolute atomic E-state index is 11.1. The summed E-state index contributed by atoms with van der Waals surface area (Å²) in [4.78, 5) is 11.1. The number of aliphatic carboxylic acids is 1. The summed E-state index contributed by atoms with van der Waals surface area (Å²) in [7, 11) is 0. The molecule has 0 saturated heterocycles. The Hall–Kier alpha value is -0.830. The van der Waals surface area contributed by atoms with Gasteiger partial charge in [0.1, 0.15) is 0 Å². The molecule has 0 unspecified atom stereocenters. The molecule has 0 bridgehead atoms. The maximum atomic E-state index is 11.1. The highest BCUT2D eigenvalue weighted by Crippen LogP contribution is 2.52. The van der Waals surface area contributed by atoms with Gasteiger partial charge in [0.25, 0.3) is 0 Å². The minimum absolute atomic E-state index is 0.0155. The van der Waals surface area contributed by atoms with Gasteiger partial charge in [0.15, 0.2) is 0 Å². The van der Waals surface area contributed by atoms with Gasteiger partial charge in [-0.25, -0.2) is 0 Å². The lowest BCUT2D eigenvalue weighted by atomic mass is 9.56. The Balaban J connectivity index is 2.26. The zero-order valence-electron chi connectivity index (χ0n) is 11.4. The molecule has 18 heavy (non-hydrogen) atoms.